The van der Waals surface area contributed by atoms with E-state index in [0.29, 0.717) is 54.3 Å². The molecule has 0 bridgehead atoms. The highest BCUT2D eigenvalue weighted by Gasteiger charge is 2.29. The smallest absolute Gasteiger partial charge is 0.242 e. The number of carbonyl (C=O) groups is 1. The van der Waals surface area contributed by atoms with Crippen LogP contribution in [0.1, 0.15) is 37.8 Å². The van der Waals surface area contributed by atoms with Crippen molar-refractivity contribution in [2.75, 3.05) is 61.7 Å². The van der Waals surface area contributed by atoms with Crippen molar-refractivity contribution in [3.8, 4) is 5.75 Å². The van der Waals surface area contributed by atoms with Crippen LogP contribution in [-0.2, 0) is 21.2 Å². The zero-order valence-corrected chi connectivity index (χ0v) is 25.6. The lowest BCUT2D eigenvalue weighted by atomic mass is 10.1. The molecule has 0 unspecified atom stereocenters. The summed E-state index contributed by atoms with van der Waals surface area (Å²) in [5.41, 5.74) is 3.74. The van der Waals surface area contributed by atoms with Crippen LogP contribution < -0.4 is 30.3 Å². The molecule has 0 saturated carbocycles. The third-order valence-corrected chi connectivity index (χ3v) is 8.85. The predicted molar refractivity (Wildman–Crippen MR) is 165 cm³/mol. The lowest BCUT2D eigenvalue weighted by molar-refractivity contribution is -0.119. The summed E-state index contributed by atoms with van der Waals surface area (Å²) in [5, 5.41) is 9.90. The van der Waals surface area contributed by atoms with E-state index in [1.54, 1.807) is 50.1 Å². The molecule has 42 heavy (non-hydrogen) atoms. The standard InChI is InChI=1S/C29H38N8O4S/c1-17(2)35-42(39,40)24-10-8-7-9-20(24)31-28-26-18(3)15-30-27(26)33-29(34-28)32-21-14-22-19(13-23(21)41-6)11-12-37(22)25(38)16-36(4)5/h7-10,13-14,17-18,35H,11-12,15-16H2,1-6H3,(H3,30,31,32,33,34)/t18-/m1/s1. The number of hydrogen-bond donors (Lipinski definition) is 4. The van der Waals surface area contributed by atoms with Gasteiger partial charge in [-0.25, -0.2) is 13.1 Å². The number of fused-ring (bicyclic) bond motifs is 2. The molecule has 0 aliphatic carbocycles. The van der Waals surface area contributed by atoms with Gasteiger partial charge in [0, 0.05) is 36.3 Å². The molecule has 1 amide bonds. The van der Waals surface area contributed by atoms with Crippen LogP contribution in [0, 0.1) is 0 Å². The number of hydrogen-bond acceptors (Lipinski definition) is 10. The van der Waals surface area contributed by atoms with Gasteiger partial charge in [0.05, 0.1) is 25.0 Å². The van der Waals surface area contributed by atoms with E-state index >= 15 is 0 Å². The Balaban J connectivity index is 1.52. The van der Waals surface area contributed by atoms with E-state index in [2.05, 4.69) is 27.6 Å². The molecule has 2 aliphatic rings. The monoisotopic (exact) mass is 594 g/mol. The molecule has 3 aromatic rings. The summed E-state index contributed by atoms with van der Waals surface area (Å²) < 4.78 is 34.5. The molecule has 1 aromatic heterocycles. The lowest BCUT2D eigenvalue weighted by Crippen LogP contribution is -2.36. The minimum atomic E-state index is -3.77. The van der Waals surface area contributed by atoms with Gasteiger partial charge in [-0.15, -0.1) is 0 Å². The molecule has 0 spiro atoms. The largest absolute Gasteiger partial charge is 0.495 e. The highest BCUT2D eigenvalue weighted by atomic mass is 32.2. The van der Waals surface area contributed by atoms with Gasteiger partial charge in [-0.2, -0.15) is 9.97 Å². The van der Waals surface area contributed by atoms with Crippen LogP contribution in [-0.4, -0.2) is 76.1 Å². The molecular weight excluding hydrogens is 556 g/mol. The Morgan fingerprint density at radius 1 is 1.17 bits per heavy atom. The summed E-state index contributed by atoms with van der Waals surface area (Å²) in [7, 11) is 1.57. The zero-order valence-electron chi connectivity index (χ0n) is 24.8. The first kappa shape index (κ1) is 29.5. The molecule has 2 aromatic carbocycles. The van der Waals surface area contributed by atoms with Crippen molar-refractivity contribution in [1.29, 1.82) is 0 Å². The molecular formula is C29H38N8O4S. The molecule has 12 nitrogen and oxygen atoms in total. The van der Waals surface area contributed by atoms with Crippen LogP contribution in [0.15, 0.2) is 41.3 Å². The van der Waals surface area contributed by atoms with Gasteiger partial charge in [0.1, 0.15) is 22.3 Å². The molecule has 4 N–H and O–H groups in total. The Labute approximate surface area is 246 Å². The Morgan fingerprint density at radius 2 is 1.93 bits per heavy atom. The highest BCUT2D eigenvalue weighted by molar-refractivity contribution is 7.89. The second-order valence-corrected chi connectivity index (χ2v) is 12.9. The molecule has 2 aliphatic heterocycles. The number of sulfonamides is 1. The Hall–Kier alpha value is -3.94. The molecule has 224 valence electrons. The zero-order chi connectivity index (χ0) is 30.2. The number of likely N-dealkylation sites (N-methyl/N-ethyl adjacent to an activating group) is 1. The Morgan fingerprint density at radius 3 is 2.64 bits per heavy atom. The summed E-state index contributed by atoms with van der Waals surface area (Å²) in [6.07, 6.45) is 0.740. The van der Waals surface area contributed by atoms with Crippen LogP contribution in [0.3, 0.4) is 0 Å². The average molecular weight is 595 g/mol. The minimum absolute atomic E-state index is 0.0221. The molecule has 5 rings (SSSR count). The number of nitrogens with zero attached hydrogens (tertiary/aromatic N) is 4. The Kier molecular flexibility index (Phi) is 8.26. The van der Waals surface area contributed by atoms with Crippen LogP contribution in [0.2, 0.25) is 0 Å². The normalized spacial score (nSPS) is 15.9. The number of rotatable bonds is 10. The fourth-order valence-electron chi connectivity index (χ4n) is 5.30. The summed E-state index contributed by atoms with van der Waals surface area (Å²) in [5.74, 6) is 2.17. The van der Waals surface area contributed by atoms with Crippen molar-refractivity contribution in [3.05, 3.63) is 47.5 Å². The maximum Gasteiger partial charge on any atom is 0.242 e. The van der Waals surface area contributed by atoms with Gasteiger partial charge >= 0.3 is 0 Å². The quantitative estimate of drug-likeness (QED) is 0.275. The molecule has 0 radical (unpaired) electrons. The van der Waals surface area contributed by atoms with E-state index < -0.39 is 10.0 Å². The number of methoxy groups -OCH3 is 1. The summed E-state index contributed by atoms with van der Waals surface area (Å²) in [4.78, 5) is 26.2. The van der Waals surface area contributed by atoms with Gasteiger partial charge in [-0.1, -0.05) is 19.1 Å². The van der Waals surface area contributed by atoms with Crippen molar-refractivity contribution in [2.45, 2.75) is 44.0 Å². The molecule has 3 heterocycles. The number of carbonyl (C=O) groups excluding carboxylic acids is 1. The van der Waals surface area contributed by atoms with E-state index in [0.717, 1.165) is 23.2 Å². The number of ether oxygens (including phenoxy) is 1. The predicted octanol–water partition coefficient (Wildman–Crippen LogP) is 3.64. The third kappa shape index (κ3) is 5.98. The van der Waals surface area contributed by atoms with E-state index in [9.17, 15) is 13.2 Å². The summed E-state index contributed by atoms with van der Waals surface area (Å²) >= 11 is 0. The van der Waals surface area contributed by atoms with Crippen LogP contribution in [0.4, 0.5) is 34.6 Å². The second-order valence-electron chi connectivity index (χ2n) is 11.2. The maximum atomic E-state index is 13.1. The topological polar surface area (TPSA) is 141 Å². The van der Waals surface area contributed by atoms with Gasteiger partial charge in [0.15, 0.2) is 0 Å². The highest BCUT2D eigenvalue weighted by Crippen LogP contribution is 2.41. The number of aromatic nitrogens is 2. The van der Waals surface area contributed by atoms with E-state index in [1.807, 2.05) is 31.1 Å². The van der Waals surface area contributed by atoms with Gasteiger partial charge in [-0.05, 0) is 64.2 Å². The Bertz CT molecular complexity index is 1610. The van der Waals surface area contributed by atoms with Gasteiger partial charge in [0.2, 0.25) is 21.9 Å². The van der Waals surface area contributed by atoms with Crippen molar-refractivity contribution in [3.63, 3.8) is 0 Å². The molecule has 0 fully saturated rings. The first-order chi connectivity index (χ1) is 20.0. The van der Waals surface area contributed by atoms with Crippen LogP contribution in [0.25, 0.3) is 0 Å². The SMILES string of the molecule is COc1cc2c(cc1Nc1nc3c(c(Nc4ccccc4S(=O)(=O)NC(C)C)n1)[C@H](C)CN3)N(C(=O)CN(C)C)CC2. The minimum Gasteiger partial charge on any atom is -0.495 e. The molecule has 1 atom stereocenters. The lowest BCUT2D eigenvalue weighted by Gasteiger charge is -2.21. The number of benzene rings is 2. The first-order valence-electron chi connectivity index (χ1n) is 13.9. The van der Waals surface area contributed by atoms with Crippen molar-refractivity contribution >= 4 is 50.6 Å². The number of amides is 1. The molecule has 0 saturated heterocycles. The van der Waals surface area contributed by atoms with E-state index in [-0.39, 0.29) is 22.8 Å². The molecule has 13 heteroatoms. The van der Waals surface area contributed by atoms with E-state index in [4.69, 9.17) is 14.7 Å². The van der Waals surface area contributed by atoms with Gasteiger partial charge in [-0.3, -0.25) is 4.79 Å². The summed E-state index contributed by atoms with van der Waals surface area (Å²) in [6.45, 7) is 7.20. The van der Waals surface area contributed by atoms with Crippen molar-refractivity contribution in [2.24, 2.45) is 0 Å². The third-order valence-electron chi connectivity index (χ3n) is 7.13. The van der Waals surface area contributed by atoms with Crippen LogP contribution >= 0.6 is 0 Å². The van der Waals surface area contributed by atoms with E-state index in [1.165, 1.54) is 0 Å². The number of nitrogens with one attached hydrogen (secondary N) is 4. The maximum absolute atomic E-state index is 13.1. The van der Waals surface area contributed by atoms with Crippen molar-refractivity contribution in [1.82, 2.24) is 19.6 Å². The van der Waals surface area contributed by atoms with Crippen LogP contribution in [0.5, 0.6) is 5.75 Å². The van der Waals surface area contributed by atoms with Gasteiger partial charge < -0.3 is 30.5 Å². The van der Waals surface area contributed by atoms with Gasteiger partial charge in [0.25, 0.3) is 0 Å². The number of anilines is 6. The fourth-order valence-corrected chi connectivity index (χ4v) is 6.71. The second kappa shape index (κ2) is 11.7. The number of para-hydroxylation sites is 1. The average Bonchev–Trinajstić information content (AvgIpc) is 3.50. The first-order valence-corrected chi connectivity index (χ1v) is 15.4. The summed E-state index contributed by atoms with van der Waals surface area (Å²) in [6, 6.07) is 10.3. The van der Waals surface area contributed by atoms with Crippen molar-refractivity contribution < 1.29 is 17.9 Å². The fraction of sp³-hybridized carbons (Fsp3) is 0.414.